The number of nitrogens with zero attached hydrogens (tertiary/aromatic N) is 6. The van der Waals surface area contributed by atoms with Gasteiger partial charge in [0.1, 0.15) is 11.8 Å². The third kappa shape index (κ3) is 4.03. The van der Waals surface area contributed by atoms with Gasteiger partial charge in [-0.15, -0.1) is 0 Å². The molecule has 31 heavy (non-hydrogen) atoms. The molecule has 1 fully saturated rings. The zero-order valence-corrected chi connectivity index (χ0v) is 18.5. The van der Waals surface area contributed by atoms with Gasteiger partial charge in [-0.25, -0.2) is 9.50 Å². The first-order valence-corrected chi connectivity index (χ1v) is 11.0. The predicted molar refractivity (Wildman–Crippen MR) is 123 cm³/mol. The highest BCUT2D eigenvalue weighted by molar-refractivity contribution is 6.30. The van der Waals surface area contributed by atoms with Crippen molar-refractivity contribution in [1.82, 2.24) is 29.7 Å². The molecule has 1 aliphatic heterocycles. The molecule has 160 valence electrons. The van der Waals surface area contributed by atoms with Crippen molar-refractivity contribution in [1.29, 1.82) is 0 Å². The smallest absolute Gasteiger partial charge is 0.156 e. The number of hydrogen-bond acceptors (Lipinski definition) is 5. The fraction of sp³-hybridized carbons (Fsp3) is 0.348. The molecule has 1 N–H and O–H groups in total. The lowest BCUT2D eigenvalue weighted by molar-refractivity contribution is 0.358. The molecule has 5 rings (SSSR count). The number of aryl methyl sites for hydroxylation is 1. The number of nitrogens with one attached hydrogen (secondary N) is 1. The standard InChI is InChI=1S/C23H26ClN7/c1-3-21(17-4-6-20(24)7-5-17)25-9-16-11-30(12-16)23-22-8-18(14-31(22)28-15-26-23)19-10-27-29(2)13-19/h4-8,10,13-16,21,25H,3,9,11-12H2,1-2H3/t21-/m0/s1. The molecule has 0 spiro atoms. The van der Waals surface area contributed by atoms with Crippen LogP contribution in [0.2, 0.25) is 5.02 Å². The lowest BCUT2D eigenvalue weighted by Crippen LogP contribution is -2.51. The number of fused-ring (bicyclic) bond motifs is 1. The largest absolute Gasteiger partial charge is 0.354 e. The van der Waals surface area contributed by atoms with Crippen molar-refractivity contribution in [3.8, 4) is 11.1 Å². The fourth-order valence-corrected chi connectivity index (χ4v) is 4.39. The van der Waals surface area contributed by atoms with E-state index in [1.54, 1.807) is 6.33 Å². The number of halogens is 1. The first kappa shape index (κ1) is 20.0. The van der Waals surface area contributed by atoms with Crippen LogP contribution < -0.4 is 10.2 Å². The molecule has 0 aliphatic carbocycles. The van der Waals surface area contributed by atoms with Gasteiger partial charge in [0, 0.05) is 67.2 Å². The van der Waals surface area contributed by atoms with Gasteiger partial charge in [-0.1, -0.05) is 30.7 Å². The number of rotatable bonds is 7. The van der Waals surface area contributed by atoms with E-state index in [1.165, 1.54) is 5.56 Å². The maximum Gasteiger partial charge on any atom is 0.156 e. The van der Waals surface area contributed by atoms with Crippen molar-refractivity contribution in [3.05, 3.63) is 65.8 Å². The van der Waals surface area contributed by atoms with Crippen molar-refractivity contribution in [2.45, 2.75) is 19.4 Å². The molecule has 1 atom stereocenters. The molecule has 1 saturated heterocycles. The van der Waals surface area contributed by atoms with Gasteiger partial charge in [0.2, 0.25) is 0 Å². The first-order valence-electron chi connectivity index (χ1n) is 10.7. The van der Waals surface area contributed by atoms with Crippen LogP contribution in [-0.4, -0.2) is 44.0 Å². The van der Waals surface area contributed by atoms with Crippen LogP contribution >= 0.6 is 11.6 Å². The summed E-state index contributed by atoms with van der Waals surface area (Å²) in [6, 6.07) is 10.6. The topological polar surface area (TPSA) is 63.3 Å². The first-order chi connectivity index (χ1) is 15.1. The van der Waals surface area contributed by atoms with E-state index in [4.69, 9.17) is 11.6 Å². The zero-order chi connectivity index (χ0) is 21.4. The summed E-state index contributed by atoms with van der Waals surface area (Å²) >= 11 is 6.03. The fourth-order valence-electron chi connectivity index (χ4n) is 4.26. The molecule has 4 heterocycles. The van der Waals surface area contributed by atoms with E-state index < -0.39 is 0 Å². The van der Waals surface area contributed by atoms with Gasteiger partial charge in [-0.3, -0.25) is 4.68 Å². The SMILES string of the molecule is CC[C@H](NCC1CN(c2ncnn3cc(-c4cnn(C)c4)cc23)C1)c1ccc(Cl)cc1. The summed E-state index contributed by atoms with van der Waals surface area (Å²) in [7, 11) is 1.93. The van der Waals surface area contributed by atoms with Crippen LogP contribution in [-0.2, 0) is 7.05 Å². The Balaban J connectivity index is 1.24. The Kier molecular flexibility index (Phi) is 5.38. The summed E-state index contributed by atoms with van der Waals surface area (Å²) in [5.74, 6) is 1.59. The molecule has 0 radical (unpaired) electrons. The number of benzene rings is 1. The van der Waals surface area contributed by atoms with E-state index in [0.717, 1.165) is 53.5 Å². The predicted octanol–water partition coefficient (Wildman–Crippen LogP) is 3.96. The van der Waals surface area contributed by atoms with Crippen LogP contribution in [0.25, 0.3) is 16.6 Å². The second-order valence-corrected chi connectivity index (χ2v) is 8.67. The second kappa shape index (κ2) is 8.32. The lowest BCUT2D eigenvalue weighted by atomic mass is 9.98. The highest BCUT2D eigenvalue weighted by Gasteiger charge is 2.30. The van der Waals surface area contributed by atoms with Crippen LogP contribution in [0.1, 0.15) is 24.9 Å². The molecule has 1 aromatic carbocycles. The van der Waals surface area contributed by atoms with E-state index in [1.807, 2.05) is 47.0 Å². The van der Waals surface area contributed by atoms with Gasteiger partial charge in [0.25, 0.3) is 0 Å². The van der Waals surface area contributed by atoms with E-state index in [9.17, 15) is 0 Å². The van der Waals surface area contributed by atoms with Crippen molar-refractivity contribution in [2.75, 3.05) is 24.5 Å². The molecule has 0 bridgehead atoms. The van der Waals surface area contributed by atoms with Crippen LogP contribution in [0.15, 0.2) is 55.2 Å². The molecule has 3 aromatic heterocycles. The summed E-state index contributed by atoms with van der Waals surface area (Å²) in [5, 5.41) is 13.2. The minimum absolute atomic E-state index is 0.352. The molecule has 4 aromatic rings. The lowest BCUT2D eigenvalue weighted by Gasteiger charge is -2.41. The Labute approximate surface area is 186 Å². The van der Waals surface area contributed by atoms with Gasteiger partial charge in [0.05, 0.1) is 6.20 Å². The summed E-state index contributed by atoms with van der Waals surface area (Å²) in [6.45, 7) is 5.18. The highest BCUT2D eigenvalue weighted by atomic mass is 35.5. The minimum Gasteiger partial charge on any atom is -0.354 e. The van der Waals surface area contributed by atoms with E-state index in [2.05, 4.69) is 50.5 Å². The summed E-state index contributed by atoms with van der Waals surface area (Å²) in [6.07, 6.45) is 8.60. The number of hydrogen-bond donors (Lipinski definition) is 1. The molecule has 1 aliphatic rings. The monoisotopic (exact) mass is 435 g/mol. The van der Waals surface area contributed by atoms with Gasteiger partial charge in [-0.2, -0.15) is 10.2 Å². The number of aromatic nitrogens is 5. The van der Waals surface area contributed by atoms with Crippen molar-refractivity contribution >= 4 is 22.9 Å². The van der Waals surface area contributed by atoms with Gasteiger partial charge < -0.3 is 10.2 Å². The van der Waals surface area contributed by atoms with Gasteiger partial charge in [0.15, 0.2) is 5.82 Å². The van der Waals surface area contributed by atoms with E-state index >= 15 is 0 Å². The maximum atomic E-state index is 6.03. The van der Waals surface area contributed by atoms with Crippen LogP contribution in [0, 0.1) is 5.92 Å². The highest BCUT2D eigenvalue weighted by Crippen LogP contribution is 2.30. The summed E-state index contributed by atoms with van der Waals surface area (Å²) in [4.78, 5) is 6.92. The maximum absolute atomic E-state index is 6.03. The van der Waals surface area contributed by atoms with Crippen molar-refractivity contribution in [2.24, 2.45) is 13.0 Å². The normalized spacial score (nSPS) is 15.4. The van der Waals surface area contributed by atoms with Gasteiger partial charge in [-0.05, 0) is 30.2 Å². The Morgan fingerprint density at radius 1 is 1.13 bits per heavy atom. The molecule has 0 amide bonds. The molecule has 0 unspecified atom stereocenters. The van der Waals surface area contributed by atoms with Crippen molar-refractivity contribution in [3.63, 3.8) is 0 Å². The molecule has 8 heteroatoms. The Hall–Kier alpha value is -2.90. The van der Waals surface area contributed by atoms with E-state index in [-0.39, 0.29) is 0 Å². The third-order valence-corrected chi connectivity index (χ3v) is 6.27. The zero-order valence-electron chi connectivity index (χ0n) is 17.7. The Bertz CT molecular complexity index is 1170. The quantitative estimate of drug-likeness (QED) is 0.476. The summed E-state index contributed by atoms with van der Waals surface area (Å²) < 4.78 is 3.72. The summed E-state index contributed by atoms with van der Waals surface area (Å²) in [5.41, 5.74) is 4.50. The average Bonchev–Trinajstić information content (AvgIpc) is 3.37. The average molecular weight is 436 g/mol. The van der Waals surface area contributed by atoms with Gasteiger partial charge >= 0.3 is 0 Å². The Morgan fingerprint density at radius 2 is 1.94 bits per heavy atom. The number of anilines is 1. The van der Waals surface area contributed by atoms with Crippen LogP contribution in [0.3, 0.4) is 0 Å². The Morgan fingerprint density at radius 3 is 2.65 bits per heavy atom. The molecular formula is C23H26ClN7. The van der Waals surface area contributed by atoms with E-state index in [0.29, 0.717) is 12.0 Å². The minimum atomic E-state index is 0.352. The molecular weight excluding hydrogens is 410 g/mol. The van der Waals surface area contributed by atoms with Crippen molar-refractivity contribution < 1.29 is 0 Å². The molecule has 7 nitrogen and oxygen atoms in total. The second-order valence-electron chi connectivity index (χ2n) is 8.24. The molecule has 0 saturated carbocycles. The van der Waals surface area contributed by atoms with Crippen LogP contribution in [0.5, 0.6) is 0 Å². The van der Waals surface area contributed by atoms with Crippen LogP contribution in [0.4, 0.5) is 5.82 Å². The third-order valence-electron chi connectivity index (χ3n) is 6.01.